The van der Waals surface area contributed by atoms with Gasteiger partial charge in [-0.25, -0.2) is 8.42 Å². The number of rotatable bonds is 8. The van der Waals surface area contributed by atoms with Gasteiger partial charge >= 0.3 is 0 Å². The van der Waals surface area contributed by atoms with Crippen molar-refractivity contribution < 1.29 is 13.2 Å². The van der Waals surface area contributed by atoms with E-state index in [1.807, 2.05) is 31.3 Å². The summed E-state index contributed by atoms with van der Waals surface area (Å²) in [5.41, 5.74) is 2.76. The van der Waals surface area contributed by atoms with Crippen LogP contribution in [0.2, 0.25) is 0 Å². The molecule has 3 aromatic rings. The molecule has 0 aliphatic heterocycles. The van der Waals surface area contributed by atoms with Crippen molar-refractivity contribution >= 4 is 21.4 Å². The minimum atomic E-state index is -3.64. The number of methoxy groups -OCH3 is 1. The molecule has 0 bridgehead atoms. The number of sulfonamides is 1. The lowest BCUT2D eigenvalue weighted by Crippen LogP contribution is -2.20. The summed E-state index contributed by atoms with van der Waals surface area (Å²) < 4.78 is 32.7. The molecule has 1 heterocycles. The number of pyridine rings is 1. The Balaban J connectivity index is 1.63. The Morgan fingerprint density at radius 1 is 0.964 bits per heavy atom. The monoisotopic (exact) mass is 397 g/mol. The van der Waals surface area contributed by atoms with E-state index in [2.05, 4.69) is 14.6 Å². The van der Waals surface area contributed by atoms with Crippen molar-refractivity contribution in [1.82, 2.24) is 4.98 Å². The SMILES string of the molecule is COc1ccc(S(=O)(=O)Nc2ccc(N(C)CCc3ccncc3)cc2)cc1. The van der Waals surface area contributed by atoms with Gasteiger partial charge in [0, 0.05) is 37.4 Å². The summed E-state index contributed by atoms with van der Waals surface area (Å²) in [5, 5.41) is 0. The van der Waals surface area contributed by atoms with Crippen molar-refractivity contribution in [3.05, 3.63) is 78.6 Å². The van der Waals surface area contributed by atoms with E-state index < -0.39 is 10.0 Å². The first kappa shape index (κ1) is 19.7. The molecule has 0 fully saturated rings. The maximum absolute atomic E-state index is 12.5. The van der Waals surface area contributed by atoms with Gasteiger partial charge in [0.25, 0.3) is 10.0 Å². The zero-order valence-corrected chi connectivity index (χ0v) is 16.7. The van der Waals surface area contributed by atoms with E-state index >= 15 is 0 Å². The Hall–Kier alpha value is -3.06. The second kappa shape index (κ2) is 8.75. The highest BCUT2D eigenvalue weighted by Gasteiger charge is 2.14. The van der Waals surface area contributed by atoms with Gasteiger partial charge in [0.05, 0.1) is 12.0 Å². The summed E-state index contributed by atoms with van der Waals surface area (Å²) in [6.07, 6.45) is 4.49. The highest BCUT2D eigenvalue weighted by atomic mass is 32.2. The molecule has 0 aliphatic carbocycles. The van der Waals surface area contributed by atoms with Crippen molar-refractivity contribution in [2.45, 2.75) is 11.3 Å². The second-order valence-corrected chi connectivity index (χ2v) is 8.04. The third-order valence-corrected chi connectivity index (χ3v) is 5.81. The van der Waals surface area contributed by atoms with Crippen LogP contribution in [0.25, 0.3) is 0 Å². The third-order valence-electron chi connectivity index (χ3n) is 4.42. The number of benzene rings is 2. The average molecular weight is 398 g/mol. The fourth-order valence-corrected chi connectivity index (χ4v) is 3.79. The van der Waals surface area contributed by atoms with E-state index in [-0.39, 0.29) is 4.90 Å². The fraction of sp³-hybridized carbons (Fsp3) is 0.190. The van der Waals surface area contributed by atoms with Gasteiger partial charge in [-0.3, -0.25) is 9.71 Å². The van der Waals surface area contributed by atoms with Crippen LogP contribution in [-0.4, -0.2) is 34.1 Å². The van der Waals surface area contributed by atoms with Gasteiger partial charge in [0.2, 0.25) is 0 Å². The molecule has 0 radical (unpaired) electrons. The van der Waals surface area contributed by atoms with E-state index in [0.717, 1.165) is 18.7 Å². The number of hydrogen-bond donors (Lipinski definition) is 1. The summed E-state index contributed by atoms with van der Waals surface area (Å²) in [5.74, 6) is 0.609. The van der Waals surface area contributed by atoms with E-state index in [1.54, 1.807) is 36.7 Å². The summed E-state index contributed by atoms with van der Waals surface area (Å²) in [7, 11) is -0.0920. The number of anilines is 2. The number of hydrogen-bond acceptors (Lipinski definition) is 5. The van der Waals surface area contributed by atoms with Crippen LogP contribution in [0.15, 0.2) is 78.0 Å². The quantitative estimate of drug-likeness (QED) is 0.629. The minimum Gasteiger partial charge on any atom is -0.497 e. The summed E-state index contributed by atoms with van der Waals surface area (Å²) in [4.78, 5) is 6.34. The van der Waals surface area contributed by atoms with Crippen molar-refractivity contribution in [2.24, 2.45) is 0 Å². The van der Waals surface area contributed by atoms with Crippen LogP contribution < -0.4 is 14.4 Å². The van der Waals surface area contributed by atoms with Gasteiger partial charge < -0.3 is 9.64 Å². The number of likely N-dealkylation sites (N-methyl/N-ethyl adjacent to an activating group) is 1. The lowest BCUT2D eigenvalue weighted by Gasteiger charge is -2.20. The molecule has 28 heavy (non-hydrogen) atoms. The van der Waals surface area contributed by atoms with Gasteiger partial charge in [-0.1, -0.05) is 0 Å². The van der Waals surface area contributed by atoms with Crippen molar-refractivity contribution in [2.75, 3.05) is 30.3 Å². The maximum Gasteiger partial charge on any atom is 0.261 e. The van der Waals surface area contributed by atoms with E-state index in [9.17, 15) is 8.42 Å². The van der Waals surface area contributed by atoms with E-state index in [0.29, 0.717) is 11.4 Å². The van der Waals surface area contributed by atoms with Gasteiger partial charge in [0.15, 0.2) is 0 Å². The molecule has 146 valence electrons. The molecular formula is C21H23N3O3S. The van der Waals surface area contributed by atoms with Crippen LogP contribution >= 0.6 is 0 Å². The van der Waals surface area contributed by atoms with E-state index in [1.165, 1.54) is 24.8 Å². The van der Waals surface area contributed by atoms with Gasteiger partial charge in [-0.2, -0.15) is 0 Å². The molecular weight excluding hydrogens is 374 g/mol. The van der Waals surface area contributed by atoms with Crippen molar-refractivity contribution in [3.8, 4) is 5.75 Å². The number of ether oxygens (including phenoxy) is 1. The molecule has 6 nitrogen and oxygen atoms in total. The first-order valence-electron chi connectivity index (χ1n) is 8.85. The van der Waals surface area contributed by atoms with Crippen LogP contribution in [0.4, 0.5) is 11.4 Å². The standard InChI is InChI=1S/C21H23N3O3S/c1-24(16-13-17-11-14-22-15-12-17)19-5-3-18(4-6-19)23-28(25,26)21-9-7-20(27-2)8-10-21/h3-12,14-15,23H,13,16H2,1-2H3. The van der Waals surface area contributed by atoms with Gasteiger partial charge in [-0.05, 0) is 72.6 Å². The largest absolute Gasteiger partial charge is 0.497 e. The Bertz CT molecular complexity index is 989. The van der Waals surface area contributed by atoms with Gasteiger partial charge in [0.1, 0.15) is 5.75 Å². The predicted molar refractivity (Wildman–Crippen MR) is 111 cm³/mol. The zero-order chi connectivity index (χ0) is 20.0. The van der Waals surface area contributed by atoms with Crippen LogP contribution in [0.3, 0.4) is 0 Å². The molecule has 0 amide bonds. The third kappa shape index (κ3) is 5.01. The lowest BCUT2D eigenvalue weighted by atomic mass is 10.2. The minimum absolute atomic E-state index is 0.187. The van der Waals surface area contributed by atoms with Crippen molar-refractivity contribution in [1.29, 1.82) is 0 Å². The topological polar surface area (TPSA) is 71.5 Å². The fourth-order valence-electron chi connectivity index (χ4n) is 2.73. The Labute approximate surface area is 165 Å². The predicted octanol–water partition coefficient (Wildman–Crippen LogP) is 3.57. The molecule has 0 saturated heterocycles. The highest BCUT2D eigenvalue weighted by molar-refractivity contribution is 7.92. The highest BCUT2D eigenvalue weighted by Crippen LogP contribution is 2.21. The first-order valence-corrected chi connectivity index (χ1v) is 10.3. The van der Waals surface area contributed by atoms with Crippen LogP contribution in [0.5, 0.6) is 5.75 Å². The maximum atomic E-state index is 12.5. The number of nitrogens with zero attached hydrogens (tertiary/aromatic N) is 2. The second-order valence-electron chi connectivity index (χ2n) is 6.35. The molecule has 0 saturated carbocycles. The Kier molecular flexibility index (Phi) is 6.16. The van der Waals surface area contributed by atoms with Crippen molar-refractivity contribution in [3.63, 3.8) is 0 Å². The molecule has 1 aromatic heterocycles. The zero-order valence-electron chi connectivity index (χ0n) is 15.9. The number of aromatic nitrogens is 1. The number of nitrogens with one attached hydrogen (secondary N) is 1. The smallest absolute Gasteiger partial charge is 0.261 e. The molecule has 1 N–H and O–H groups in total. The Morgan fingerprint density at radius 3 is 2.21 bits per heavy atom. The van der Waals surface area contributed by atoms with Gasteiger partial charge in [-0.15, -0.1) is 0 Å². The summed E-state index contributed by atoms with van der Waals surface area (Å²) >= 11 is 0. The van der Waals surface area contributed by atoms with Crippen LogP contribution in [-0.2, 0) is 16.4 Å². The normalized spacial score (nSPS) is 11.1. The van der Waals surface area contributed by atoms with E-state index in [4.69, 9.17) is 4.74 Å². The molecule has 0 aliphatic rings. The first-order chi connectivity index (χ1) is 13.5. The molecule has 7 heteroatoms. The summed E-state index contributed by atoms with van der Waals surface area (Å²) in [6, 6.07) is 17.6. The Morgan fingerprint density at radius 2 is 1.61 bits per heavy atom. The molecule has 0 atom stereocenters. The molecule has 2 aromatic carbocycles. The molecule has 3 rings (SSSR count). The average Bonchev–Trinajstić information content (AvgIpc) is 2.73. The van der Waals surface area contributed by atoms with Crippen LogP contribution in [0, 0.1) is 0 Å². The molecule has 0 unspecified atom stereocenters. The lowest BCUT2D eigenvalue weighted by molar-refractivity contribution is 0.414. The molecule has 0 spiro atoms. The van der Waals surface area contributed by atoms with Crippen LogP contribution in [0.1, 0.15) is 5.56 Å². The summed E-state index contributed by atoms with van der Waals surface area (Å²) in [6.45, 7) is 0.848.